The van der Waals surface area contributed by atoms with Crippen LogP contribution < -0.4 is 10.6 Å². The van der Waals surface area contributed by atoms with Gasteiger partial charge in [-0.15, -0.1) is 0 Å². The highest BCUT2D eigenvalue weighted by Gasteiger charge is 2.24. The van der Waals surface area contributed by atoms with E-state index in [1.165, 1.54) is 0 Å². The molecule has 18 heavy (non-hydrogen) atoms. The van der Waals surface area contributed by atoms with E-state index in [4.69, 9.17) is 0 Å². The number of aliphatic hydroxyl groups is 1. The van der Waals surface area contributed by atoms with Crippen LogP contribution in [-0.2, 0) is 0 Å². The molecule has 0 fully saturated rings. The minimum atomic E-state index is -0.472. The molecule has 0 saturated carbocycles. The summed E-state index contributed by atoms with van der Waals surface area (Å²) in [6.07, 6.45) is 0.574. The third-order valence-corrected chi connectivity index (χ3v) is 2.89. The first-order chi connectivity index (χ1) is 8.35. The number of anilines is 2. The molecular weight excluding hydrogens is 228 g/mol. The van der Waals surface area contributed by atoms with Crippen LogP contribution in [0.25, 0.3) is 0 Å². The Kier molecular flexibility index (Phi) is 4.90. The molecule has 0 saturated heterocycles. The topological polar surface area (TPSA) is 70.1 Å². The van der Waals surface area contributed by atoms with E-state index in [-0.39, 0.29) is 0 Å². The van der Waals surface area contributed by atoms with Crippen LogP contribution in [0.2, 0.25) is 0 Å². The summed E-state index contributed by atoms with van der Waals surface area (Å²) in [6.45, 7) is 10.5. The van der Waals surface area contributed by atoms with Gasteiger partial charge in [0.05, 0.1) is 11.6 Å². The highest BCUT2D eigenvalue weighted by Crippen LogP contribution is 2.19. The van der Waals surface area contributed by atoms with Gasteiger partial charge < -0.3 is 15.7 Å². The summed E-state index contributed by atoms with van der Waals surface area (Å²) in [5.74, 6) is 2.25. The molecule has 1 unspecified atom stereocenters. The molecule has 0 aromatic carbocycles. The number of hydrogen-bond donors (Lipinski definition) is 3. The summed E-state index contributed by atoms with van der Waals surface area (Å²) in [5, 5.41) is 16.2. The van der Waals surface area contributed by atoms with Crippen molar-refractivity contribution in [2.75, 3.05) is 17.2 Å². The van der Waals surface area contributed by atoms with Gasteiger partial charge in [-0.1, -0.05) is 6.92 Å². The number of aromatic nitrogens is 2. The first kappa shape index (κ1) is 14.7. The van der Waals surface area contributed by atoms with Crippen molar-refractivity contribution in [3.05, 3.63) is 11.9 Å². The van der Waals surface area contributed by atoms with E-state index in [0.29, 0.717) is 5.82 Å². The lowest BCUT2D eigenvalue weighted by atomic mass is 9.99. The predicted octanol–water partition coefficient (Wildman–Crippen LogP) is 2.18. The molecule has 0 aliphatic carbocycles. The summed E-state index contributed by atoms with van der Waals surface area (Å²) in [4.78, 5) is 8.66. The lowest BCUT2D eigenvalue weighted by molar-refractivity contribution is 0.133. The van der Waals surface area contributed by atoms with Crippen LogP contribution >= 0.6 is 0 Å². The summed E-state index contributed by atoms with van der Waals surface area (Å²) >= 11 is 0. The lowest BCUT2D eigenvalue weighted by Crippen LogP contribution is -2.42. The second kappa shape index (κ2) is 6.00. The van der Waals surface area contributed by atoms with Crippen LogP contribution in [0.3, 0.4) is 0 Å². The van der Waals surface area contributed by atoms with E-state index >= 15 is 0 Å². The fourth-order valence-corrected chi connectivity index (χ4v) is 1.41. The van der Waals surface area contributed by atoms with Crippen molar-refractivity contribution in [2.45, 2.75) is 52.7 Å². The molecule has 0 aliphatic heterocycles. The maximum atomic E-state index is 9.70. The minimum Gasteiger partial charge on any atom is -0.391 e. The maximum Gasteiger partial charge on any atom is 0.132 e. The molecule has 0 aliphatic rings. The monoisotopic (exact) mass is 252 g/mol. The zero-order chi connectivity index (χ0) is 13.8. The molecule has 5 nitrogen and oxygen atoms in total. The van der Waals surface area contributed by atoms with Gasteiger partial charge in [0.15, 0.2) is 0 Å². The van der Waals surface area contributed by atoms with Crippen LogP contribution in [0.1, 0.15) is 39.9 Å². The molecule has 1 rings (SSSR count). The molecule has 0 radical (unpaired) electrons. The van der Waals surface area contributed by atoms with Crippen molar-refractivity contribution in [3.8, 4) is 0 Å². The molecule has 0 spiro atoms. The predicted molar refractivity (Wildman–Crippen MR) is 74.9 cm³/mol. The number of aryl methyl sites for hydroxylation is 1. The summed E-state index contributed by atoms with van der Waals surface area (Å²) in [7, 11) is 0. The van der Waals surface area contributed by atoms with Crippen molar-refractivity contribution in [2.24, 2.45) is 0 Å². The molecular formula is C13H24N4O. The second-order valence-electron chi connectivity index (χ2n) is 5.14. The average molecular weight is 252 g/mol. The third-order valence-electron chi connectivity index (χ3n) is 2.89. The Morgan fingerprint density at radius 3 is 2.50 bits per heavy atom. The third kappa shape index (κ3) is 4.14. The van der Waals surface area contributed by atoms with Crippen molar-refractivity contribution in [1.82, 2.24) is 9.97 Å². The Bertz CT molecular complexity index is 391. The van der Waals surface area contributed by atoms with Crippen LogP contribution in [0.5, 0.6) is 0 Å². The number of nitrogens with one attached hydrogen (secondary N) is 2. The Hall–Kier alpha value is -1.36. The van der Waals surface area contributed by atoms with Gasteiger partial charge in [0.25, 0.3) is 0 Å². The largest absolute Gasteiger partial charge is 0.391 e. The van der Waals surface area contributed by atoms with Crippen LogP contribution in [-0.4, -0.2) is 33.3 Å². The number of nitrogens with zero attached hydrogens (tertiary/aromatic N) is 2. The molecule has 0 bridgehead atoms. The first-order valence-electron chi connectivity index (χ1n) is 6.41. The van der Waals surface area contributed by atoms with E-state index in [1.807, 2.05) is 26.8 Å². The fourth-order valence-electron chi connectivity index (χ4n) is 1.41. The lowest BCUT2D eigenvalue weighted by Gasteiger charge is -2.30. The average Bonchev–Trinajstić information content (AvgIpc) is 2.24. The van der Waals surface area contributed by atoms with Gasteiger partial charge in [-0.05, 0) is 34.1 Å². The Labute approximate surface area is 109 Å². The maximum absolute atomic E-state index is 9.70. The minimum absolute atomic E-state index is 0.428. The number of aliphatic hydroxyl groups excluding tert-OH is 1. The van der Waals surface area contributed by atoms with Crippen molar-refractivity contribution < 1.29 is 5.11 Å². The van der Waals surface area contributed by atoms with Gasteiger partial charge in [0.1, 0.15) is 17.5 Å². The Balaban J connectivity index is 2.86. The van der Waals surface area contributed by atoms with Gasteiger partial charge in [0, 0.05) is 12.6 Å². The molecule has 1 aromatic rings. The summed E-state index contributed by atoms with van der Waals surface area (Å²) < 4.78 is 0. The molecule has 1 aromatic heterocycles. The zero-order valence-electron chi connectivity index (χ0n) is 11.9. The smallest absolute Gasteiger partial charge is 0.132 e. The second-order valence-corrected chi connectivity index (χ2v) is 5.14. The van der Waals surface area contributed by atoms with E-state index in [9.17, 15) is 5.11 Å². The van der Waals surface area contributed by atoms with Crippen LogP contribution in [0.4, 0.5) is 11.6 Å². The zero-order valence-corrected chi connectivity index (χ0v) is 11.9. The molecule has 3 N–H and O–H groups in total. The Morgan fingerprint density at radius 2 is 1.94 bits per heavy atom. The summed E-state index contributed by atoms with van der Waals surface area (Å²) in [5.41, 5.74) is -0.428. The van der Waals surface area contributed by atoms with Gasteiger partial charge in [-0.2, -0.15) is 0 Å². The van der Waals surface area contributed by atoms with Crippen LogP contribution in [0, 0.1) is 6.92 Å². The molecule has 1 atom stereocenters. The standard InChI is InChI=1S/C13H24N4O/c1-6-7-14-11-8-12(16-10(3)15-11)17-13(4,5)9(2)18/h8-9,18H,6-7H2,1-5H3,(H2,14,15,16,17). The molecule has 1 heterocycles. The highest BCUT2D eigenvalue weighted by atomic mass is 16.3. The fraction of sp³-hybridized carbons (Fsp3) is 0.692. The van der Waals surface area contributed by atoms with Gasteiger partial charge in [-0.25, -0.2) is 9.97 Å². The van der Waals surface area contributed by atoms with Crippen molar-refractivity contribution in [1.29, 1.82) is 0 Å². The van der Waals surface area contributed by atoms with E-state index in [0.717, 1.165) is 24.6 Å². The number of hydrogen-bond acceptors (Lipinski definition) is 5. The molecule has 5 heteroatoms. The van der Waals surface area contributed by atoms with Gasteiger partial charge >= 0.3 is 0 Å². The van der Waals surface area contributed by atoms with Gasteiger partial charge in [-0.3, -0.25) is 0 Å². The van der Waals surface area contributed by atoms with Gasteiger partial charge in [0.2, 0.25) is 0 Å². The van der Waals surface area contributed by atoms with E-state index < -0.39 is 11.6 Å². The highest BCUT2D eigenvalue weighted by molar-refractivity contribution is 5.48. The Morgan fingerprint density at radius 1 is 1.33 bits per heavy atom. The van der Waals surface area contributed by atoms with Crippen LogP contribution in [0.15, 0.2) is 6.07 Å². The van der Waals surface area contributed by atoms with Crippen molar-refractivity contribution in [3.63, 3.8) is 0 Å². The molecule has 102 valence electrons. The normalized spacial score (nSPS) is 13.2. The van der Waals surface area contributed by atoms with Crippen molar-refractivity contribution >= 4 is 11.6 Å². The quantitative estimate of drug-likeness (QED) is 0.724. The summed E-state index contributed by atoms with van der Waals surface area (Å²) in [6, 6.07) is 1.87. The SMILES string of the molecule is CCCNc1cc(NC(C)(C)C(C)O)nc(C)n1. The number of rotatable bonds is 6. The molecule has 0 amide bonds. The first-order valence-corrected chi connectivity index (χ1v) is 6.41. The van der Waals surface area contributed by atoms with E-state index in [1.54, 1.807) is 6.92 Å². The van der Waals surface area contributed by atoms with E-state index in [2.05, 4.69) is 27.5 Å².